The Morgan fingerprint density at radius 1 is 1.19 bits per heavy atom. The van der Waals surface area contributed by atoms with Crippen molar-refractivity contribution in [3.63, 3.8) is 0 Å². The summed E-state index contributed by atoms with van der Waals surface area (Å²) >= 11 is 11.9. The second-order valence-electron chi connectivity index (χ2n) is 4.21. The Morgan fingerprint density at radius 3 is 2.62 bits per heavy atom. The zero-order valence-electron chi connectivity index (χ0n) is 10.5. The van der Waals surface area contributed by atoms with Gasteiger partial charge in [0.25, 0.3) is 0 Å². The smallest absolute Gasteiger partial charge is 0.356 e. The molecule has 3 rings (SSSR count). The minimum Gasteiger partial charge on any atom is -0.476 e. The van der Waals surface area contributed by atoms with Gasteiger partial charge in [-0.1, -0.05) is 23.2 Å². The summed E-state index contributed by atoms with van der Waals surface area (Å²) in [4.78, 5) is 11.1. The van der Waals surface area contributed by atoms with Gasteiger partial charge in [-0.25, -0.2) is 9.48 Å². The lowest BCUT2D eigenvalue weighted by atomic mass is 10.2. The van der Waals surface area contributed by atoms with Crippen molar-refractivity contribution in [3.8, 4) is 17.1 Å². The Bertz CT molecular complexity index is 810. The summed E-state index contributed by atoms with van der Waals surface area (Å²) in [5, 5.41) is 13.9. The lowest BCUT2D eigenvalue weighted by Crippen LogP contribution is -2.02. The van der Waals surface area contributed by atoms with E-state index in [1.165, 1.54) is 17.0 Å². The van der Waals surface area contributed by atoms with Gasteiger partial charge in [-0.3, -0.25) is 0 Å². The van der Waals surface area contributed by atoms with E-state index in [4.69, 9.17) is 32.7 Å². The van der Waals surface area contributed by atoms with Crippen LogP contribution in [0.2, 0.25) is 10.0 Å². The second kappa shape index (κ2) is 5.27. The molecule has 21 heavy (non-hydrogen) atoms. The van der Waals surface area contributed by atoms with E-state index in [2.05, 4.69) is 5.10 Å². The summed E-state index contributed by atoms with van der Waals surface area (Å²) < 4.78 is 6.76. The zero-order valence-corrected chi connectivity index (χ0v) is 12.0. The first-order chi connectivity index (χ1) is 10.1. The van der Waals surface area contributed by atoms with Crippen LogP contribution < -0.4 is 0 Å². The van der Waals surface area contributed by atoms with Gasteiger partial charge < -0.3 is 9.52 Å². The second-order valence-corrected chi connectivity index (χ2v) is 5.02. The van der Waals surface area contributed by atoms with E-state index >= 15 is 0 Å². The van der Waals surface area contributed by atoms with Gasteiger partial charge >= 0.3 is 5.97 Å². The maximum absolute atomic E-state index is 11.1. The van der Waals surface area contributed by atoms with Crippen molar-refractivity contribution in [2.24, 2.45) is 0 Å². The van der Waals surface area contributed by atoms with E-state index < -0.39 is 5.97 Å². The van der Waals surface area contributed by atoms with Crippen LogP contribution >= 0.6 is 23.2 Å². The first-order valence-electron chi connectivity index (χ1n) is 5.89. The molecule has 0 radical (unpaired) electrons. The molecule has 0 saturated carbocycles. The van der Waals surface area contributed by atoms with Crippen molar-refractivity contribution < 1.29 is 14.3 Å². The van der Waals surface area contributed by atoms with E-state index in [0.717, 1.165) is 0 Å². The minimum atomic E-state index is -1.12. The van der Waals surface area contributed by atoms with Crippen molar-refractivity contribution in [2.75, 3.05) is 0 Å². The first kappa shape index (κ1) is 13.7. The molecule has 1 N–H and O–H groups in total. The molecule has 0 bridgehead atoms. The van der Waals surface area contributed by atoms with Crippen molar-refractivity contribution >= 4 is 29.2 Å². The molecule has 0 saturated heterocycles. The highest BCUT2D eigenvalue weighted by Crippen LogP contribution is 2.28. The third-order valence-corrected chi connectivity index (χ3v) is 3.59. The number of nitrogens with zero attached hydrogens (tertiary/aromatic N) is 2. The van der Waals surface area contributed by atoms with Crippen molar-refractivity contribution in [1.82, 2.24) is 9.78 Å². The molecular formula is C14H8Cl2N2O3. The molecule has 2 heterocycles. The van der Waals surface area contributed by atoms with E-state index in [9.17, 15) is 4.79 Å². The van der Waals surface area contributed by atoms with E-state index in [1.807, 2.05) is 0 Å². The van der Waals surface area contributed by atoms with Gasteiger partial charge in [0.15, 0.2) is 11.5 Å². The Kier molecular flexibility index (Phi) is 3.45. The fourth-order valence-electron chi connectivity index (χ4n) is 1.90. The van der Waals surface area contributed by atoms with Gasteiger partial charge in [0.1, 0.15) is 5.69 Å². The normalized spacial score (nSPS) is 10.8. The van der Waals surface area contributed by atoms with Gasteiger partial charge in [0.05, 0.1) is 22.0 Å². The predicted molar refractivity (Wildman–Crippen MR) is 78.2 cm³/mol. The molecule has 1 aromatic carbocycles. The van der Waals surface area contributed by atoms with Crippen LogP contribution in [-0.2, 0) is 0 Å². The Balaban J connectivity index is 2.20. The fourth-order valence-corrected chi connectivity index (χ4v) is 2.19. The SMILES string of the molecule is O=C(O)c1cc(-c2ccco2)n(-c2ccc(Cl)c(Cl)c2)n1. The summed E-state index contributed by atoms with van der Waals surface area (Å²) in [6, 6.07) is 9.78. The summed E-state index contributed by atoms with van der Waals surface area (Å²) in [5.41, 5.74) is 1.01. The molecule has 7 heteroatoms. The number of carboxylic acids is 1. The number of halogens is 2. The highest BCUT2D eigenvalue weighted by Gasteiger charge is 2.18. The Hall–Kier alpha value is -2.24. The maximum Gasteiger partial charge on any atom is 0.356 e. The van der Waals surface area contributed by atoms with Crippen LogP contribution in [0.1, 0.15) is 10.5 Å². The van der Waals surface area contributed by atoms with Gasteiger partial charge in [0.2, 0.25) is 0 Å². The first-order valence-corrected chi connectivity index (χ1v) is 6.64. The third kappa shape index (κ3) is 2.53. The van der Waals surface area contributed by atoms with Crippen LogP contribution in [0.3, 0.4) is 0 Å². The summed E-state index contributed by atoms with van der Waals surface area (Å²) in [5.74, 6) is -0.623. The molecule has 0 aliphatic heterocycles. The Morgan fingerprint density at radius 2 is 2.00 bits per heavy atom. The molecule has 0 spiro atoms. The van der Waals surface area contributed by atoms with Gasteiger partial charge in [-0.15, -0.1) is 0 Å². The lowest BCUT2D eigenvalue weighted by molar-refractivity contribution is 0.0690. The van der Waals surface area contributed by atoms with Crippen LogP contribution in [0, 0.1) is 0 Å². The van der Waals surface area contributed by atoms with E-state index in [1.54, 1.807) is 30.3 Å². The molecule has 106 valence electrons. The standard InChI is InChI=1S/C14H8Cl2N2O3/c15-9-4-3-8(6-10(9)16)18-12(13-2-1-5-21-13)7-11(17-18)14(19)20/h1-7H,(H,19,20). The molecule has 0 amide bonds. The predicted octanol–water partition coefficient (Wildman–Crippen LogP) is 4.14. The summed E-state index contributed by atoms with van der Waals surface area (Å²) in [6.45, 7) is 0. The van der Waals surface area contributed by atoms with Crippen molar-refractivity contribution in [3.05, 3.63) is 58.4 Å². The molecule has 5 nitrogen and oxygen atoms in total. The van der Waals surface area contributed by atoms with Crippen LogP contribution in [0.15, 0.2) is 47.1 Å². The van der Waals surface area contributed by atoms with Crippen molar-refractivity contribution in [1.29, 1.82) is 0 Å². The average Bonchev–Trinajstić information content (AvgIpc) is 3.09. The number of rotatable bonds is 3. The largest absolute Gasteiger partial charge is 0.476 e. The molecule has 0 unspecified atom stereocenters. The van der Waals surface area contributed by atoms with Gasteiger partial charge in [0, 0.05) is 6.07 Å². The minimum absolute atomic E-state index is 0.0903. The number of carbonyl (C=O) groups is 1. The van der Waals surface area contributed by atoms with Gasteiger partial charge in [-0.05, 0) is 30.3 Å². The van der Waals surface area contributed by atoms with E-state index in [0.29, 0.717) is 27.2 Å². The highest BCUT2D eigenvalue weighted by molar-refractivity contribution is 6.42. The number of hydrogen-bond donors (Lipinski definition) is 1. The van der Waals surface area contributed by atoms with Crippen LogP contribution in [0.5, 0.6) is 0 Å². The van der Waals surface area contributed by atoms with Gasteiger partial charge in [-0.2, -0.15) is 5.10 Å². The topological polar surface area (TPSA) is 68.3 Å². The number of furan rings is 1. The van der Waals surface area contributed by atoms with Crippen LogP contribution in [0.4, 0.5) is 0 Å². The van der Waals surface area contributed by atoms with Crippen LogP contribution in [-0.4, -0.2) is 20.9 Å². The molecule has 0 aliphatic rings. The summed E-state index contributed by atoms with van der Waals surface area (Å²) in [6.07, 6.45) is 1.50. The van der Waals surface area contributed by atoms with Crippen molar-refractivity contribution in [2.45, 2.75) is 0 Å². The highest BCUT2D eigenvalue weighted by atomic mass is 35.5. The zero-order chi connectivity index (χ0) is 15.0. The number of aromatic nitrogens is 2. The molecule has 3 aromatic rings. The summed E-state index contributed by atoms with van der Waals surface area (Å²) in [7, 11) is 0. The molecular weight excluding hydrogens is 315 g/mol. The maximum atomic E-state index is 11.1. The van der Waals surface area contributed by atoms with E-state index in [-0.39, 0.29) is 5.69 Å². The molecule has 0 fully saturated rings. The fraction of sp³-hybridized carbons (Fsp3) is 0. The number of hydrogen-bond acceptors (Lipinski definition) is 3. The third-order valence-electron chi connectivity index (χ3n) is 2.85. The van der Waals surface area contributed by atoms with Crippen LogP contribution in [0.25, 0.3) is 17.1 Å². The molecule has 0 aliphatic carbocycles. The number of carboxylic acid groups (broad SMARTS) is 1. The quantitative estimate of drug-likeness (QED) is 0.786. The number of aromatic carboxylic acids is 1. The monoisotopic (exact) mass is 322 g/mol. The molecule has 2 aromatic heterocycles. The molecule has 0 atom stereocenters. The Labute approximate surface area is 129 Å². The lowest BCUT2D eigenvalue weighted by Gasteiger charge is -2.06. The average molecular weight is 323 g/mol. The number of benzene rings is 1.